The van der Waals surface area contributed by atoms with Crippen LogP contribution in [0.15, 0.2) is 0 Å². The van der Waals surface area contributed by atoms with E-state index >= 15 is 0 Å². The third-order valence-corrected chi connectivity index (χ3v) is 4.62. The molecular weight excluding hydrogens is 682 g/mol. The van der Waals surface area contributed by atoms with Gasteiger partial charge in [0.15, 0.2) is 0 Å². The van der Waals surface area contributed by atoms with Crippen LogP contribution in [0.2, 0.25) is 0 Å². The zero-order chi connectivity index (χ0) is 26.4. The molecule has 35 heavy (non-hydrogen) atoms. The number of hydrogen-bond acceptors (Lipinski definition) is 13. The Labute approximate surface area is 268 Å². The third kappa shape index (κ3) is 106. The SMILES string of the molecule is OCCSCCO.[N-]=C=O.[N-]=C=O.[N-]=COOCCSCCO.[NH-]C(=O)OCCSCCO.[Y].[Y]. The van der Waals surface area contributed by atoms with E-state index in [1.165, 1.54) is 11.8 Å². The van der Waals surface area contributed by atoms with E-state index in [9.17, 15) is 4.79 Å². The molecule has 202 valence electrons. The number of rotatable bonds is 16. The van der Waals surface area contributed by atoms with Gasteiger partial charge in [-0.2, -0.15) is 40.2 Å². The molecule has 0 heterocycles. The number of aliphatic hydroxyl groups is 4. The van der Waals surface area contributed by atoms with Crippen molar-refractivity contribution in [1.82, 2.24) is 0 Å². The third-order valence-electron chi connectivity index (χ3n) is 1.83. The predicted molar refractivity (Wildman–Crippen MR) is 131 cm³/mol. The number of carbonyl (C=O) groups is 1. The number of isocyanates is 2. The molecular formula is C16H30N4O10S3Y2-4. The quantitative estimate of drug-likeness (QED) is 0.0429. The van der Waals surface area contributed by atoms with Crippen molar-refractivity contribution < 1.29 is 115 Å². The summed E-state index contributed by atoms with van der Waals surface area (Å²) in [7, 11) is 0. The molecule has 0 saturated carbocycles. The normalized spacial score (nSPS) is 7.66. The maximum Gasteiger partial charge on any atom is 0.227 e. The van der Waals surface area contributed by atoms with Crippen LogP contribution in [-0.2, 0) is 89.5 Å². The van der Waals surface area contributed by atoms with Crippen LogP contribution in [0.4, 0.5) is 4.79 Å². The summed E-state index contributed by atoms with van der Waals surface area (Å²) >= 11 is 4.59. The number of amides is 1. The van der Waals surface area contributed by atoms with Gasteiger partial charge in [0.05, 0.1) is 33.0 Å². The van der Waals surface area contributed by atoms with Crippen molar-refractivity contribution in [3.63, 3.8) is 0 Å². The molecule has 19 heteroatoms. The number of ether oxygens (including phenoxy) is 1. The van der Waals surface area contributed by atoms with E-state index < -0.39 is 6.09 Å². The minimum atomic E-state index is -0.996. The molecule has 0 aliphatic carbocycles. The van der Waals surface area contributed by atoms with Crippen LogP contribution in [0.25, 0.3) is 22.0 Å². The van der Waals surface area contributed by atoms with Gasteiger partial charge in [-0.15, -0.1) is 0 Å². The minimum absolute atomic E-state index is 0. The molecule has 0 aliphatic rings. The summed E-state index contributed by atoms with van der Waals surface area (Å²) in [5.41, 5.74) is 6.34. The summed E-state index contributed by atoms with van der Waals surface area (Å²) in [6.45, 7) is 1.40. The van der Waals surface area contributed by atoms with Gasteiger partial charge in [-0.1, -0.05) is 0 Å². The van der Waals surface area contributed by atoms with Crippen molar-refractivity contribution in [1.29, 1.82) is 0 Å². The largest absolute Gasteiger partial charge is 0.775 e. The molecule has 2 radical (unpaired) electrons. The standard InChI is InChI=1S/C5H11NO3S.C5H10NO3S.C4H10O2S.2CNO.2Y/c6-5(8)9-2-4-10-3-1-7;6-5-9-8-2-4-10-3-1-7;5-1-3-7-4-2-6;2*2-1-3;;/h7H,1-4H2,(H2,6,8);5,7H,1-4H2;5-6H,1-4H2;;;;/q;-1;;2*-1;;/p-1. The molecule has 0 atom stereocenters. The van der Waals surface area contributed by atoms with Gasteiger partial charge in [-0.3, -0.25) is 14.4 Å². The van der Waals surface area contributed by atoms with E-state index in [0.717, 1.165) is 17.3 Å². The van der Waals surface area contributed by atoms with Gasteiger partial charge in [-0.05, 0) is 12.2 Å². The summed E-state index contributed by atoms with van der Waals surface area (Å²) in [5, 5.41) is 54.5. The van der Waals surface area contributed by atoms with Crippen molar-refractivity contribution in [3.05, 3.63) is 22.0 Å². The fraction of sp³-hybridized carbons (Fsp3) is 0.750. The summed E-state index contributed by atoms with van der Waals surface area (Å²) in [6, 6.07) is 0. The molecule has 0 aliphatic heterocycles. The van der Waals surface area contributed by atoms with Crippen LogP contribution in [0.1, 0.15) is 0 Å². The molecule has 0 unspecified atom stereocenters. The average molecular weight is 712 g/mol. The Balaban J connectivity index is -0.0000000593. The Morgan fingerprint density at radius 2 is 1.09 bits per heavy atom. The topological polar surface area (TPSA) is 251 Å². The van der Waals surface area contributed by atoms with Gasteiger partial charge in [0, 0.05) is 106 Å². The van der Waals surface area contributed by atoms with Crippen LogP contribution in [0.3, 0.4) is 0 Å². The second-order valence-corrected chi connectivity index (χ2v) is 7.75. The van der Waals surface area contributed by atoms with Crippen molar-refractivity contribution in [2.75, 3.05) is 74.2 Å². The summed E-state index contributed by atoms with van der Waals surface area (Å²) < 4.78 is 4.31. The molecule has 0 spiro atoms. The van der Waals surface area contributed by atoms with E-state index in [4.69, 9.17) is 52.0 Å². The number of carbonyl (C=O) groups excluding carboxylic acids is 3. The number of hydrogen-bond donors (Lipinski definition) is 4. The van der Waals surface area contributed by atoms with Crippen molar-refractivity contribution >= 4 is 59.9 Å². The van der Waals surface area contributed by atoms with Crippen molar-refractivity contribution in [2.45, 2.75) is 0 Å². The van der Waals surface area contributed by atoms with Gasteiger partial charge in [-0.25, -0.2) is 0 Å². The minimum Gasteiger partial charge on any atom is -0.775 e. The van der Waals surface area contributed by atoms with E-state index in [1.807, 2.05) is 0 Å². The second-order valence-electron chi connectivity index (χ2n) is 4.07. The van der Waals surface area contributed by atoms with Gasteiger partial charge in [0.25, 0.3) is 0 Å². The fourth-order valence-corrected chi connectivity index (χ4v) is 2.45. The van der Waals surface area contributed by atoms with Crippen LogP contribution >= 0.6 is 35.3 Å². The molecule has 0 aromatic rings. The molecule has 0 aromatic carbocycles. The molecule has 0 saturated heterocycles. The maximum absolute atomic E-state index is 9.86. The maximum atomic E-state index is 9.86. The van der Waals surface area contributed by atoms with Gasteiger partial charge < -0.3 is 52.0 Å². The van der Waals surface area contributed by atoms with E-state index in [0.29, 0.717) is 42.4 Å². The molecule has 14 nitrogen and oxygen atoms in total. The Morgan fingerprint density at radius 1 is 0.771 bits per heavy atom. The molecule has 0 aromatic heterocycles. The number of nitrogens with zero attached hydrogens (tertiary/aromatic N) is 3. The first kappa shape index (κ1) is 52.1. The number of nitrogens with one attached hydrogen (secondary N) is 1. The monoisotopic (exact) mass is 712 g/mol. The zero-order valence-corrected chi connectivity index (χ0v) is 27.1. The summed E-state index contributed by atoms with van der Waals surface area (Å²) in [4.78, 5) is 34.8. The van der Waals surface area contributed by atoms with Gasteiger partial charge in [0.2, 0.25) is 6.09 Å². The predicted octanol–water partition coefficient (Wildman–Crippen LogP) is 0.641. The first-order chi connectivity index (χ1) is 15.9. The first-order valence-corrected chi connectivity index (χ1v) is 12.2. The van der Waals surface area contributed by atoms with E-state index in [2.05, 4.69) is 14.5 Å². The number of aliphatic hydroxyl groups excluding tert-OH is 4. The van der Waals surface area contributed by atoms with Crippen LogP contribution in [0, 0.1) is 0 Å². The molecule has 0 fully saturated rings. The Kier molecular flexibility index (Phi) is 96.0. The average Bonchev–Trinajstić information content (AvgIpc) is 2.78. The van der Waals surface area contributed by atoms with Crippen molar-refractivity contribution in [2.24, 2.45) is 0 Å². The molecule has 0 bridgehead atoms. The summed E-state index contributed by atoms with van der Waals surface area (Å²) in [6.07, 6.45) is 0.487. The first-order valence-electron chi connectivity index (χ1n) is 8.75. The molecule has 1 amide bonds. The van der Waals surface area contributed by atoms with Crippen molar-refractivity contribution in [3.8, 4) is 0 Å². The zero-order valence-electron chi connectivity index (χ0n) is 19.0. The fourth-order valence-electron chi connectivity index (χ4n) is 0.929. The van der Waals surface area contributed by atoms with E-state index in [-0.39, 0.29) is 98.5 Å². The van der Waals surface area contributed by atoms with Gasteiger partial charge in [0.1, 0.15) is 6.61 Å². The van der Waals surface area contributed by atoms with Crippen LogP contribution < -0.4 is 0 Å². The second kappa shape index (κ2) is 64.5. The molecule has 5 N–H and O–H groups in total. The van der Waals surface area contributed by atoms with E-state index in [1.54, 1.807) is 23.5 Å². The Morgan fingerprint density at radius 3 is 1.37 bits per heavy atom. The molecule has 0 rings (SSSR count). The van der Waals surface area contributed by atoms with Crippen LogP contribution in [-0.4, -0.2) is 119 Å². The summed E-state index contributed by atoms with van der Waals surface area (Å²) in [5.74, 6) is 4.21. The van der Waals surface area contributed by atoms with Crippen LogP contribution in [0.5, 0.6) is 0 Å². The number of thioether (sulfide) groups is 3. The van der Waals surface area contributed by atoms with Gasteiger partial charge >= 0.3 is 0 Å². The smallest absolute Gasteiger partial charge is 0.227 e. The Hall–Kier alpha value is 0.558. The Bertz CT molecular complexity index is 438.